The second kappa shape index (κ2) is 11.4. The highest BCUT2D eigenvalue weighted by Crippen LogP contribution is 2.38. The predicted molar refractivity (Wildman–Crippen MR) is 138 cm³/mol. The van der Waals surface area contributed by atoms with E-state index in [0.29, 0.717) is 30.7 Å². The van der Waals surface area contributed by atoms with Gasteiger partial charge in [0.1, 0.15) is 11.6 Å². The van der Waals surface area contributed by atoms with Crippen LogP contribution in [0, 0.1) is 12.7 Å². The van der Waals surface area contributed by atoms with Crippen LogP contribution in [0.4, 0.5) is 4.39 Å². The van der Waals surface area contributed by atoms with Gasteiger partial charge >= 0.3 is 0 Å². The summed E-state index contributed by atoms with van der Waals surface area (Å²) < 4.78 is 19.6. The van der Waals surface area contributed by atoms with Crippen LogP contribution >= 0.6 is 0 Å². The summed E-state index contributed by atoms with van der Waals surface area (Å²) in [5, 5.41) is 2.85. The van der Waals surface area contributed by atoms with E-state index in [4.69, 9.17) is 4.74 Å². The predicted octanol–water partition coefficient (Wildman–Crippen LogP) is 5.49. The van der Waals surface area contributed by atoms with E-state index in [9.17, 15) is 14.0 Å². The number of rotatable bonds is 8. The van der Waals surface area contributed by atoms with E-state index in [-0.39, 0.29) is 30.2 Å². The van der Waals surface area contributed by atoms with Gasteiger partial charge in [0.25, 0.3) is 5.91 Å². The number of aryl methyl sites for hydroxylation is 1. The largest absolute Gasteiger partial charge is 0.481 e. The minimum Gasteiger partial charge on any atom is -0.481 e. The molecule has 0 spiro atoms. The molecule has 0 aliphatic carbocycles. The van der Waals surface area contributed by atoms with Crippen molar-refractivity contribution in [2.45, 2.75) is 58.7 Å². The Morgan fingerprint density at radius 3 is 2.61 bits per heavy atom. The zero-order chi connectivity index (χ0) is 25.7. The maximum absolute atomic E-state index is 13.5. The van der Waals surface area contributed by atoms with E-state index in [0.717, 1.165) is 23.1 Å². The van der Waals surface area contributed by atoms with Gasteiger partial charge in [0.15, 0.2) is 6.10 Å². The zero-order valence-electron chi connectivity index (χ0n) is 21.1. The smallest absolute Gasteiger partial charge is 0.261 e. The minimum atomic E-state index is -0.689. The topological polar surface area (TPSA) is 58.6 Å². The molecule has 188 valence electrons. The first kappa shape index (κ1) is 25.4. The Labute approximate surface area is 212 Å². The monoisotopic (exact) mass is 488 g/mol. The van der Waals surface area contributed by atoms with Crippen LogP contribution in [-0.4, -0.2) is 29.4 Å². The Hall–Kier alpha value is -3.67. The average molecular weight is 489 g/mol. The molecule has 0 saturated carbocycles. The van der Waals surface area contributed by atoms with Crippen LogP contribution in [0.15, 0.2) is 66.7 Å². The number of carbonyl (C=O) groups is 2. The molecule has 36 heavy (non-hydrogen) atoms. The van der Waals surface area contributed by atoms with Gasteiger partial charge in [-0.05, 0) is 66.3 Å². The summed E-state index contributed by atoms with van der Waals surface area (Å²) in [6.45, 7) is 6.72. The van der Waals surface area contributed by atoms with Gasteiger partial charge in [-0.3, -0.25) is 9.59 Å². The van der Waals surface area contributed by atoms with Crippen molar-refractivity contribution in [3.05, 3.63) is 100 Å². The summed E-state index contributed by atoms with van der Waals surface area (Å²) in [6.07, 6.45) is 1.01. The molecule has 0 fully saturated rings. The molecule has 0 aromatic heterocycles. The number of nitrogens with one attached hydrogen (secondary N) is 1. The Morgan fingerprint density at radius 2 is 1.89 bits per heavy atom. The number of benzene rings is 3. The van der Waals surface area contributed by atoms with Gasteiger partial charge in [-0.15, -0.1) is 0 Å². The van der Waals surface area contributed by atoms with E-state index < -0.39 is 6.10 Å². The van der Waals surface area contributed by atoms with Gasteiger partial charge < -0.3 is 15.0 Å². The average Bonchev–Trinajstić information content (AvgIpc) is 2.89. The molecule has 2 amide bonds. The summed E-state index contributed by atoms with van der Waals surface area (Å²) in [6, 6.07) is 20.1. The Morgan fingerprint density at radius 1 is 1.08 bits per heavy atom. The lowest BCUT2D eigenvalue weighted by Gasteiger charge is -2.38. The minimum absolute atomic E-state index is 0.113. The van der Waals surface area contributed by atoms with Gasteiger partial charge in [-0.2, -0.15) is 0 Å². The molecule has 4 rings (SSSR count). The highest BCUT2D eigenvalue weighted by Gasteiger charge is 2.32. The molecule has 1 aliphatic rings. The summed E-state index contributed by atoms with van der Waals surface area (Å²) in [5.41, 5.74) is 5.10. The summed E-state index contributed by atoms with van der Waals surface area (Å²) >= 11 is 0. The third-order valence-electron chi connectivity index (χ3n) is 6.62. The fourth-order valence-corrected chi connectivity index (χ4v) is 4.77. The van der Waals surface area contributed by atoms with Crippen molar-refractivity contribution in [2.24, 2.45) is 0 Å². The maximum Gasteiger partial charge on any atom is 0.261 e. The summed E-state index contributed by atoms with van der Waals surface area (Å²) in [4.78, 5) is 27.7. The van der Waals surface area contributed by atoms with Crippen molar-refractivity contribution in [3.8, 4) is 5.75 Å². The Kier molecular flexibility index (Phi) is 8.04. The van der Waals surface area contributed by atoms with Crippen LogP contribution in [0.1, 0.15) is 60.5 Å². The molecule has 2 atom stereocenters. The lowest BCUT2D eigenvalue weighted by atomic mass is 9.87. The van der Waals surface area contributed by atoms with E-state index in [1.165, 1.54) is 17.7 Å². The molecule has 5 nitrogen and oxygen atoms in total. The van der Waals surface area contributed by atoms with Crippen molar-refractivity contribution in [1.82, 2.24) is 10.2 Å². The number of hydrogen-bond donors (Lipinski definition) is 1. The van der Waals surface area contributed by atoms with E-state index in [2.05, 4.69) is 17.4 Å². The molecular weight excluding hydrogens is 455 g/mol. The molecule has 0 saturated heterocycles. The number of fused-ring (bicyclic) bond motifs is 1. The number of carbonyl (C=O) groups excluding carboxylic acids is 2. The van der Waals surface area contributed by atoms with Crippen molar-refractivity contribution in [1.29, 1.82) is 0 Å². The van der Waals surface area contributed by atoms with Crippen LogP contribution in [0.5, 0.6) is 5.75 Å². The van der Waals surface area contributed by atoms with Crippen molar-refractivity contribution in [2.75, 3.05) is 6.54 Å². The molecule has 3 aromatic rings. The zero-order valence-corrected chi connectivity index (χ0v) is 21.1. The van der Waals surface area contributed by atoms with Crippen molar-refractivity contribution in [3.63, 3.8) is 0 Å². The molecule has 0 radical (unpaired) electrons. The third kappa shape index (κ3) is 5.76. The van der Waals surface area contributed by atoms with Crippen LogP contribution in [-0.2, 0) is 22.6 Å². The van der Waals surface area contributed by atoms with E-state index in [1.54, 1.807) is 12.1 Å². The van der Waals surface area contributed by atoms with Crippen molar-refractivity contribution < 1.29 is 18.7 Å². The molecule has 3 aromatic carbocycles. The van der Waals surface area contributed by atoms with Gasteiger partial charge in [0.2, 0.25) is 5.91 Å². The van der Waals surface area contributed by atoms with Gasteiger partial charge in [-0.1, -0.05) is 61.9 Å². The Bertz CT molecular complexity index is 1240. The quantitative estimate of drug-likeness (QED) is 0.456. The van der Waals surface area contributed by atoms with Gasteiger partial charge in [-0.25, -0.2) is 4.39 Å². The number of halogens is 1. The lowest BCUT2D eigenvalue weighted by Crippen LogP contribution is -2.40. The summed E-state index contributed by atoms with van der Waals surface area (Å²) in [5.74, 6) is 0.113. The fourth-order valence-electron chi connectivity index (χ4n) is 4.77. The first-order valence-corrected chi connectivity index (χ1v) is 12.6. The molecule has 1 N–H and O–H groups in total. The van der Waals surface area contributed by atoms with E-state index >= 15 is 0 Å². The normalized spacial score (nSPS) is 15.7. The SMILES string of the molecule is CCC(=O)N1CCc2ccc(O[C@@H](CC)C(=O)NCc3cccc(F)c3)cc2[C@H]1c1cccc(C)c1. The fraction of sp³-hybridized carbons (Fsp3) is 0.333. The second-order valence-electron chi connectivity index (χ2n) is 9.23. The molecule has 1 aliphatic heterocycles. The number of hydrogen-bond acceptors (Lipinski definition) is 3. The molecule has 0 unspecified atom stereocenters. The maximum atomic E-state index is 13.5. The van der Waals surface area contributed by atoms with Crippen LogP contribution in [0.25, 0.3) is 0 Å². The van der Waals surface area contributed by atoms with Gasteiger partial charge in [0.05, 0.1) is 6.04 Å². The number of ether oxygens (including phenoxy) is 1. The standard InChI is InChI=1S/C30H33FN2O3/c1-4-27(30(35)32-19-21-9-7-11-24(31)17-21)36-25-13-12-22-14-15-33(28(34)5-2)29(26(22)18-25)23-10-6-8-20(3)16-23/h6-13,16-18,27,29H,4-5,14-15,19H2,1-3H3,(H,32,35)/t27-,29+/m0/s1. The number of nitrogens with zero attached hydrogens (tertiary/aromatic N) is 1. The lowest BCUT2D eigenvalue weighted by molar-refractivity contribution is -0.133. The highest BCUT2D eigenvalue weighted by atomic mass is 19.1. The van der Waals surface area contributed by atoms with Crippen LogP contribution in [0.3, 0.4) is 0 Å². The number of amides is 2. The molecular formula is C30H33FN2O3. The van der Waals surface area contributed by atoms with Gasteiger partial charge in [0, 0.05) is 19.5 Å². The molecule has 1 heterocycles. The highest BCUT2D eigenvalue weighted by molar-refractivity contribution is 5.81. The van der Waals surface area contributed by atoms with Crippen LogP contribution < -0.4 is 10.1 Å². The van der Waals surface area contributed by atoms with E-state index in [1.807, 2.05) is 56.0 Å². The van der Waals surface area contributed by atoms with Crippen LogP contribution in [0.2, 0.25) is 0 Å². The first-order chi connectivity index (χ1) is 17.4. The Balaban J connectivity index is 1.57. The van der Waals surface area contributed by atoms with Crippen molar-refractivity contribution >= 4 is 11.8 Å². The first-order valence-electron chi connectivity index (χ1n) is 12.6. The summed E-state index contributed by atoms with van der Waals surface area (Å²) in [7, 11) is 0. The molecule has 6 heteroatoms. The second-order valence-corrected chi connectivity index (χ2v) is 9.23. The third-order valence-corrected chi connectivity index (χ3v) is 6.62. The molecule has 0 bridgehead atoms.